The summed E-state index contributed by atoms with van der Waals surface area (Å²) in [5.74, 6) is 5.77. The van der Waals surface area contributed by atoms with Crippen LogP contribution >= 0.6 is 23.2 Å². The smallest absolute Gasteiger partial charge is 0.337 e. The van der Waals surface area contributed by atoms with Gasteiger partial charge in [-0.25, -0.2) is 10.6 Å². The summed E-state index contributed by atoms with van der Waals surface area (Å²) in [5, 5.41) is 2.59. The van der Waals surface area contributed by atoms with Crippen molar-refractivity contribution in [1.82, 2.24) is 0 Å². The molecule has 0 aliphatic carbocycles. The van der Waals surface area contributed by atoms with Crippen molar-refractivity contribution < 1.29 is 9.53 Å². The van der Waals surface area contributed by atoms with Gasteiger partial charge in [0.15, 0.2) is 0 Å². The van der Waals surface area contributed by atoms with Crippen LogP contribution in [0, 0.1) is 0 Å². The lowest BCUT2D eigenvalue weighted by atomic mass is 10.1. The first-order chi connectivity index (χ1) is 11.9. The molecule has 0 spiro atoms. The third-order valence-electron chi connectivity index (χ3n) is 3.33. The highest BCUT2D eigenvalue weighted by atomic mass is 35.5. The fourth-order valence-electron chi connectivity index (χ4n) is 2.13. The maximum atomic E-state index is 11.9. The Hall–Kier alpha value is -2.27. The Labute approximate surface area is 157 Å². The standard InChI is InChI=1S/C19H18Cl2N2O2/c1-3-25-19(24)13(2)11-18(14-5-4-6-16(21)12-14)23(22)17-9-7-15(20)8-10-17/h4-12H,2-3,22H2,1H3/b18-11-. The second-order valence-corrected chi connectivity index (χ2v) is 6.00. The van der Waals surface area contributed by atoms with Gasteiger partial charge in [0, 0.05) is 15.6 Å². The molecule has 4 nitrogen and oxygen atoms in total. The monoisotopic (exact) mass is 376 g/mol. The molecule has 0 unspecified atom stereocenters. The number of carbonyl (C=O) groups is 1. The second kappa shape index (κ2) is 8.72. The maximum Gasteiger partial charge on any atom is 0.337 e. The van der Waals surface area contributed by atoms with Gasteiger partial charge in [-0.05, 0) is 49.4 Å². The molecule has 0 saturated carbocycles. The predicted molar refractivity (Wildman–Crippen MR) is 103 cm³/mol. The number of hydrazine groups is 1. The van der Waals surface area contributed by atoms with Gasteiger partial charge in [0.2, 0.25) is 0 Å². The van der Waals surface area contributed by atoms with E-state index in [-0.39, 0.29) is 12.2 Å². The molecule has 0 aromatic heterocycles. The normalized spacial score (nSPS) is 11.1. The van der Waals surface area contributed by atoms with Gasteiger partial charge in [0.1, 0.15) is 0 Å². The van der Waals surface area contributed by atoms with Gasteiger partial charge < -0.3 is 4.74 Å². The van der Waals surface area contributed by atoms with Crippen molar-refractivity contribution in [2.24, 2.45) is 5.84 Å². The molecule has 0 atom stereocenters. The van der Waals surface area contributed by atoms with Crippen LogP contribution in [0.2, 0.25) is 10.0 Å². The predicted octanol–water partition coefficient (Wildman–Crippen LogP) is 4.83. The molecule has 2 aromatic rings. The van der Waals surface area contributed by atoms with Crippen LogP contribution in [0.4, 0.5) is 5.69 Å². The van der Waals surface area contributed by atoms with E-state index in [9.17, 15) is 4.79 Å². The van der Waals surface area contributed by atoms with E-state index in [1.54, 1.807) is 55.5 Å². The van der Waals surface area contributed by atoms with E-state index in [0.29, 0.717) is 21.4 Å². The van der Waals surface area contributed by atoms with Gasteiger partial charge >= 0.3 is 5.97 Å². The number of ether oxygens (including phenoxy) is 1. The zero-order valence-corrected chi connectivity index (χ0v) is 15.2. The Balaban J connectivity index is 2.46. The molecule has 0 radical (unpaired) electrons. The highest BCUT2D eigenvalue weighted by molar-refractivity contribution is 6.31. The number of halogens is 2. The number of esters is 1. The minimum atomic E-state index is -0.508. The highest BCUT2D eigenvalue weighted by Crippen LogP contribution is 2.27. The first-order valence-corrected chi connectivity index (χ1v) is 8.32. The molecule has 0 fully saturated rings. The molecule has 0 aliphatic rings. The molecule has 6 heteroatoms. The first-order valence-electron chi connectivity index (χ1n) is 7.56. The molecular weight excluding hydrogens is 359 g/mol. The third-order valence-corrected chi connectivity index (χ3v) is 3.82. The van der Waals surface area contributed by atoms with Crippen LogP contribution in [-0.4, -0.2) is 12.6 Å². The van der Waals surface area contributed by atoms with E-state index in [0.717, 1.165) is 5.56 Å². The number of hydrogen-bond donors (Lipinski definition) is 1. The van der Waals surface area contributed by atoms with Gasteiger partial charge in [-0.3, -0.25) is 5.01 Å². The van der Waals surface area contributed by atoms with E-state index < -0.39 is 5.97 Å². The van der Waals surface area contributed by atoms with Crippen molar-refractivity contribution in [3.05, 3.63) is 82.4 Å². The minimum Gasteiger partial charge on any atom is -0.462 e. The van der Waals surface area contributed by atoms with Crippen LogP contribution in [-0.2, 0) is 9.53 Å². The summed E-state index contributed by atoms with van der Waals surface area (Å²) in [6.45, 7) is 5.76. The van der Waals surface area contributed by atoms with Gasteiger partial charge in [-0.15, -0.1) is 0 Å². The SMILES string of the molecule is C=C(/C=C(/c1cccc(Cl)c1)N(N)c1ccc(Cl)cc1)C(=O)OCC. The molecule has 0 saturated heterocycles. The molecule has 2 rings (SSSR count). The molecular formula is C19H18Cl2N2O2. The van der Waals surface area contributed by atoms with E-state index in [1.807, 2.05) is 6.07 Å². The molecule has 0 bridgehead atoms. The topological polar surface area (TPSA) is 55.6 Å². The van der Waals surface area contributed by atoms with E-state index >= 15 is 0 Å². The van der Waals surface area contributed by atoms with E-state index in [2.05, 4.69) is 6.58 Å². The molecule has 0 aliphatic heterocycles. The Morgan fingerprint density at radius 2 is 1.88 bits per heavy atom. The Kier molecular flexibility index (Phi) is 6.65. The first kappa shape index (κ1) is 19.1. The number of nitrogens with zero attached hydrogens (tertiary/aromatic N) is 1. The summed E-state index contributed by atoms with van der Waals surface area (Å²) in [7, 11) is 0. The van der Waals surface area contributed by atoms with E-state index in [1.165, 1.54) is 5.01 Å². The number of rotatable bonds is 6. The molecule has 2 aromatic carbocycles. The minimum absolute atomic E-state index is 0.182. The van der Waals surface area contributed by atoms with Crippen LogP contribution in [0.1, 0.15) is 12.5 Å². The molecule has 130 valence electrons. The molecule has 2 N–H and O–H groups in total. The van der Waals surface area contributed by atoms with Crippen molar-refractivity contribution in [3.63, 3.8) is 0 Å². The Bertz CT molecular complexity index is 801. The number of nitrogens with two attached hydrogens (primary N) is 1. The highest BCUT2D eigenvalue weighted by Gasteiger charge is 2.14. The fraction of sp³-hybridized carbons (Fsp3) is 0.105. The van der Waals surface area contributed by atoms with Crippen LogP contribution in [0.3, 0.4) is 0 Å². The lowest BCUT2D eigenvalue weighted by Crippen LogP contribution is -2.29. The zero-order valence-electron chi connectivity index (χ0n) is 13.7. The van der Waals surface area contributed by atoms with Crippen molar-refractivity contribution in [1.29, 1.82) is 0 Å². The summed E-state index contributed by atoms with van der Waals surface area (Å²) >= 11 is 12.0. The van der Waals surface area contributed by atoms with Crippen molar-refractivity contribution in [3.8, 4) is 0 Å². The average Bonchev–Trinajstić information content (AvgIpc) is 2.59. The van der Waals surface area contributed by atoms with Gasteiger partial charge in [0.25, 0.3) is 0 Å². The number of carbonyl (C=O) groups excluding carboxylic acids is 1. The van der Waals surface area contributed by atoms with Crippen LogP contribution in [0.25, 0.3) is 5.70 Å². The zero-order chi connectivity index (χ0) is 18.4. The van der Waals surface area contributed by atoms with Crippen LogP contribution in [0.5, 0.6) is 0 Å². The summed E-state index contributed by atoms with van der Waals surface area (Å²) in [6.07, 6.45) is 1.57. The summed E-state index contributed by atoms with van der Waals surface area (Å²) in [5.41, 5.74) is 2.15. The van der Waals surface area contributed by atoms with Crippen molar-refractivity contribution >= 4 is 40.6 Å². The van der Waals surface area contributed by atoms with Gasteiger partial charge in [-0.2, -0.15) is 0 Å². The van der Waals surface area contributed by atoms with Crippen molar-refractivity contribution in [2.45, 2.75) is 6.92 Å². The van der Waals surface area contributed by atoms with Crippen LogP contribution in [0.15, 0.2) is 66.8 Å². The second-order valence-electron chi connectivity index (χ2n) is 5.13. The maximum absolute atomic E-state index is 11.9. The number of anilines is 1. The van der Waals surface area contributed by atoms with Gasteiger partial charge in [0.05, 0.1) is 23.6 Å². The Morgan fingerprint density at radius 3 is 2.48 bits per heavy atom. The van der Waals surface area contributed by atoms with Gasteiger partial charge in [-0.1, -0.05) is 41.9 Å². The quantitative estimate of drug-likeness (QED) is 0.258. The summed E-state index contributed by atoms with van der Waals surface area (Å²) < 4.78 is 4.98. The average molecular weight is 377 g/mol. The summed E-state index contributed by atoms with van der Waals surface area (Å²) in [4.78, 5) is 11.9. The lowest BCUT2D eigenvalue weighted by Gasteiger charge is -2.23. The fourth-order valence-corrected chi connectivity index (χ4v) is 2.44. The van der Waals surface area contributed by atoms with Crippen molar-refractivity contribution in [2.75, 3.05) is 11.6 Å². The third kappa shape index (κ3) is 5.10. The number of benzene rings is 2. The van der Waals surface area contributed by atoms with E-state index in [4.69, 9.17) is 33.8 Å². The molecule has 0 heterocycles. The number of hydrogen-bond acceptors (Lipinski definition) is 4. The molecule has 25 heavy (non-hydrogen) atoms. The molecule has 0 amide bonds. The lowest BCUT2D eigenvalue weighted by molar-refractivity contribution is -0.138. The summed E-state index contributed by atoms with van der Waals surface area (Å²) in [6, 6.07) is 14.1. The Morgan fingerprint density at radius 1 is 1.20 bits per heavy atom. The largest absolute Gasteiger partial charge is 0.462 e. The van der Waals surface area contributed by atoms with Crippen LogP contribution < -0.4 is 10.9 Å².